The molecule has 1 aromatic carbocycles. The van der Waals surface area contributed by atoms with E-state index in [1.165, 1.54) is 22.5 Å². The summed E-state index contributed by atoms with van der Waals surface area (Å²) in [6.45, 7) is 6.17. The highest BCUT2D eigenvalue weighted by atomic mass is 32.1. The van der Waals surface area contributed by atoms with E-state index in [-0.39, 0.29) is 11.9 Å². The number of aromatic nitrogens is 2. The molecule has 0 bridgehead atoms. The van der Waals surface area contributed by atoms with Gasteiger partial charge in [-0.1, -0.05) is 12.1 Å². The van der Waals surface area contributed by atoms with Gasteiger partial charge in [0.15, 0.2) is 5.82 Å². The van der Waals surface area contributed by atoms with Crippen molar-refractivity contribution in [2.45, 2.75) is 32.7 Å². The molecular formula is C22H26N4OS. The largest absolute Gasteiger partial charge is 0.306 e. The number of hydrogen-bond acceptors (Lipinski definition) is 4. The summed E-state index contributed by atoms with van der Waals surface area (Å²) in [6.07, 6.45) is 3.88. The van der Waals surface area contributed by atoms with Crippen LogP contribution in [0.25, 0.3) is 5.69 Å². The van der Waals surface area contributed by atoms with Crippen LogP contribution < -0.4 is 4.90 Å². The van der Waals surface area contributed by atoms with E-state index in [9.17, 15) is 4.79 Å². The summed E-state index contributed by atoms with van der Waals surface area (Å²) in [5.41, 5.74) is 3.43. The van der Waals surface area contributed by atoms with Gasteiger partial charge in [0.05, 0.1) is 10.6 Å². The van der Waals surface area contributed by atoms with Crippen LogP contribution in [0.4, 0.5) is 5.82 Å². The number of nitrogens with zero attached hydrogens (tertiary/aromatic N) is 4. The maximum Gasteiger partial charge on any atom is 0.269 e. The molecule has 5 nitrogen and oxygen atoms in total. The van der Waals surface area contributed by atoms with Crippen LogP contribution in [0.1, 0.15) is 33.6 Å². The topological polar surface area (TPSA) is 41.4 Å². The summed E-state index contributed by atoms with van der Waals surface area (Å²) >= 11 is 1.49. The number of rotatable bonds is 4. The van der Waals surface area contributed by atoms with Gasteiger partial charge in [-0.05, 0) is 81.5 Å². The van der Waals surface area contributed by atoms with Crippen LogP contribution in [-0.4, -0.2) is 46.8 Å². The van der Waals surface area contributed by atoms with E-state index in [0.29, 0.717) is 0 Å². The molecule has 0 spiro atoms. The molecule has 2 aromatic heterocycles. The molecule has 1 aliphatic rings. The lowest BCUT2D eigenvalue weighted by atomic mass is 10.0. The molecule has 3 heterocycles. The average molecular weight is 395 g/mol. The number of benzene rings is 1. The number of anilines is 1. The third kappa shape index (κ3) is 3.88. The number of carbonyl (C=O) groups excluding carboxylic acids is 1. The Morgan fingerprint density at radius 2 is 1.86 bits per heavy atom. The van der Waals surface area contributed by atoms with Crippen molar-refractivity contribution in [3.8, 4) is 5.69 Å². The first-order valence-corrected chi connectivity index (χ1v) is 10.6. The molecule has 0 unspecified atom stereocenters. The number of aryl methyl sites for hydroxylation is 2. The smallest absolute Gasteiger partial charge is 0.269 e. The van der Waals surface area contributed by atoms with Crippen LogP contribution in [0.2, 0.25) is 0 Å². The molecule has 0 N–H and O–H groups in total. The summed E-state index contributed by atoms with van der Waals surface area (Å²) in [5.74, 6) is 0.780. The van der Waals surface area contributed by atoms with Crippen molar-refractivity contribution in [1.29, 1.82) is 0 Å². The molecule has 4 rings (SSSR count). The SMILES string of the molecule is Cc1cc(C)cc(-n2ccc(N(C(=O)c3cccs3)C3CCN(C)CC3)n2)c1. The van der Waals surface area contributed by atoms with Crippen molar-refractivity contribution in [2.24, 2.45) is 0 Å². The fourth-order valence-corrected chi connectivity index (χ4v) is 4.56. The zero-order valence-electron chi connectivity index (χ0n) is 16.6. The zero-order valence-corrected chi connectivity index (χ0v) is 17.4. The number of likely N-dealkylation sites (tertiary alicyclic amines) is 1. The number of amides is 1. The van der Waals surface area contributed by atoms with Gasteiger partial charge in [0.1, 0.15) is 0 Å². The van der Waals surface area contributed by atoms with Crippen LogP contribution in [0.15, 0.2) is 48.0 Å². The van der Waals surface area contributed by atoms with Gasteiger partial charge in [-0.25, -0.2) is 4.68 Å². The molecule has 1 saturated heterocycles. The second-order valence-electron chi connectivity index (χ2n) is 7.65. The molecule has 6 heteroatoms. The predicted molar refractivity (Wildman–Crippen MR) is 115 cm³/mol. The maximum atomic E-state index is 13.3. The van der Waals surface area contributed by atoms with Crippen LogP contribution >= 0.6 is 11.3 Å². The lowest BCUT2D eigenvalue weighted by Gasteiger charge is -2.36. The van der Waals surface area contributed by atoms with E-state index in [1.54, 1.807) is 0 Å². The van der Waals surface area contributed by atoms with Crippen LogP contribution in [0.3, 0.4) is 0 Å². The fraction of sp³-hybridized carbons (Fsp3) is 0.364. The molecule has 146 valence electrons. The maximum absolute atomic E-state index is 13.3. The van der Waals surface area contributed by atoms with Gasteiger partial charge in [0, 0.05) is 18.3 Å². The Hall–Kier alpha value is -2.44. The normalized spacial score (nSPS) is 15.7. The highest BCUT2D eigenvalue weighted by Gasteiger charge is 2.31. The first-order chi connectivity index (χ1) is 13.5. The van der Waals surface area contributed by atoms with Crippen LogP contribution in [0.5, 0.6) is 0 Å². The molecule has 1 amide bonds. The Kier molecular flexibility index (Phi) is 5.33. The van der Waals surface area contributed by atoms with Crippen molar-refractivity contribution in [1.82, 2.24) is 14.7 Å². The number of thiophene rings is 1. The minimum Gasteiger partial charge on any atom is -0.306 e. The summed E-state index contributed by atoms with van der Waals surface area (Å²) in [7, 11) is 2.14. The van der Waals surface area contributed by atoms with E-state index >= 15 is 0 Å². The molecular weight excluding hydrogens is 368 g/mol. The van der Waals surface area contributed by atoms with Crippen LogP contribution in [0, 0.1) is 13.8 Å². The Bertz CT molecular complexity index is 935. The zero-order chi connectivity index (χ0) is 19.7. The average Bonchev–Trinajstić information content (AvgIpc) is 3.35. The lowest BCUT2D eigenvalue weighted by molar-refractivity contribution is 0.0966. The molecule has 0 radical (unpaired) electrons. The standard InChI is InChI=1S/C22H26N4OS/c1-16-13-17(2)15-19(14-16)25-11-8-21(23-25)26(18-6-9-24(3)10-7-18)22(27)20-5-4-12-28-20/h4-5,8,11-15,18H,6-7,9-10H2,1-3H3. The summed E-state index contributed by atoms with van der Waals surface area (Å²) in [5, 5.41) is 6.75. The van der Waals surface area contributed by atoms with E-state index in [2.05, 4.69) is 44.0 Å². The monoisotopic (exact) mass is 394 g/mol. The van der Waals surface area contributed by atoms with E-state index in [0.717, 1.165) is 42.3 Å². The van der Waals surface area contributed by atoms with Gasteiger partial charge in [-0.2, -0.15) is 0 Å². The quantitative estimate of drug-likeness (QED) is 0.663. The fourth-order valence-electron chi connectivity index (χ4n) is 3.90. The third-order valence-electron chi connectivity index (χ3n) is 5.30. The van der Waals surface area contributed by atoms with Gasteiger partial charge in [0.2, 0.25) is 0 Å². The second-order valence-corrected chi connectivity index (χ2v) is 8.60. The van der Waals surface area contributed by atoms with E-state index < -0.39 is 0 Å². The van der Waals surface area contributed by atoms with Crippen molar-refractivity contribution >= 4 is 23.1 Å². The molecule has 28 heavy (non-hydrogen) atoms. The highest BCUT2D eigenvalue weighted by Crippen LogP contribution is 2.26. The molecule has 0 aliphatic carbocycles. The Morgan fingerprint density at radius 3 is 2.50 bits per heavy atom. The number of piperidine rings is 1. The summed E-state index contributed by atoms with van der Waals surface area (Å²) in [4.78, 5) is 18.3. The van der Waals surface area contributed by atoms with Gasteiger partial charge in [-0.3, -0.25) is 9.69 Å². The Morgan fingerprint density at radius 1 is 1.14 bits per heavy atom. The summed E-state index contributed by atoms with van der Waals surface area (Å²) < 4.78 is 1.87. The number of hydrogen-bond donors (Lipinski definition) is 0. The molecule has 3 aromatic rings. The van der Waals surface area contributed by atoms with Crippen LogP contribution in [-0.2, 0) is 0 Å². The Balaban J connectivity index is 1.68. The van der Waals surface area contributed by atoms with Crippen molar-refractivity contribution in [3.05, 3.63) is 64.0 Å². The first kappa shape index (κ1) is 18.9. The first-order valence-electron chi connectivity index (χ1n) is 9.71. The molecule has 0 atom stereocenters. The molecule has 0 saturated carbocycles. The van der Waals surface area contributed by atoms with Crippen molar-refractivity contribution in [2.75, 3.05) is 25.0 Å². The number of carbonyl (C=O) groups is 1. The summed E-state index contributed by atoms with van der Waals surface area (Å²) in [6, 6.07) is 12.3. The minimum absolute atomic E-state index is 0.0511. The van der Waals surface area contributed by atoms with Gasteiger partial charge in [0.25, 0.3) is 5.91 Å². The van der Waals surface area contributed by atoms with Gasteiger partial charge >= 0.3 is 0 Å². The highest BCUT2D eigenvalue weighted by molar-refractivity contribution is 7.12. The van der Waals surface area contributed by atoms with Crippen molar-refractivity contribution < 1.29 is 4.79 Å². The Labute approximate surface area is 170 Å². The minimum atomic E-state index is 0.0511. The second kappa shape index (κ2) is 7.89. The van der Waals surface area contributed by atoms with Gasteiger partial charge in [-0.15, -0.1) is 16.4 Å². The van der Waals surface area contributed by atoms with E-state index in [1.807, 2.05) is 39.4 Å². The molecule has 1 fully saturated rings. The van der Waals surface area contributed by atoms with E-state index in [4.69, 9.17) is 5.10 Å². The van der Waals surface area contributed by atoms with Gasteiger partial charge < -0.3 is 4.90 Å². The lowest BCUT2D eigenvalue weighted by Crippen LogP contribution is -2.47. The predicted octanol–water partition coefficient (Wildman–Crippen LogP) is 4.29. The van der Waals surface area contributed by atoms with Crippen molar-refractivity contribution in [3.63, 3.8) is 0 Å². The third-order valence-corrected chi connectivity index (χ3v) is 6.15. The molecule has 1 aliphatic heterocycles.